The summed E-state index contributed by atoms with van der Waals surface area (Å²) >= 11 is 1.10. The number of aryl methyl sites for hydroxylation is 3. The molecule has 1 atom stereocenters. The zero-order valence-electron chi connectivity index (χ0n) is 14.7. The molecule has 1 unspecified atom stereocenters. The van der Waals surface area contributed by atoms with Crippen molar-refractivity contribution in [3.63, 3.8) is 0 Å². The van der Waals surface area contributed by atoms with Gasteiger partial charge >= 0.3 is 5.97 Å². The molecular weight excluding hydrogens is 338 g/mol. The summed E-state index contributed by atoms with van der Waals surface area (Å²) in [6.45, 7) is 6.36. The van der Waals surface area contributed by atoms with Crippen LogP contribution in [0.5, 0.6) is 0 Å². The molecule has 25 heavy (non-hydrogen) atoms. The van der Waals surface area contributed by atoms with Gasteiger partial charge in [0.05, 0.1) is 12.6 Å². The van der Waals surface area contributed by atoms with Gasteiger partial charge in [-0.25, -0.2) is 0 Å². The maximum absolute atomic E-state index is 11.7. The molecule has 6 nitrogen and oxygen atoms in total. The van der Waals surface area contributed by atoms with Crippen LogP contribution in [0.4, 0.5) is 0 Å². The second-order valence-electron chi connectivity index (χ2n) is 5.73. The van der Waals surface area contributed by atoms with Gasteiger partial charge in [0.1, 0.15) is 5.25 Å². The highest BCUT2D eigenvalue weighted by molar-refractivity contribution is 8.15. The molecule has 7 heteroatoms. The Balaban J connectivity index is 2.19. The summed E-state index contributed by atoms with van der Waals surface area (Å²) in [5, 5.41) is 19.2. The topological polar surface area (TPSA) is 91.1 Å². The molecule has 1 aliphatic rings. The lowest BCUT2D eigenvalue weighted by Crippen LogP contribution is -2.26. The molecular formula is C18H23N3O3S. The van der Waals surface area contributed by atoms with E-state index < -0.39 is 11.2 Å². The van der Waals surface area contributed by atoms with E-state index in [0.29, 0.717) is 5.17 Å². The third-order valence-corrected chi connectivity index (χ3v) is 5.13. The number of nitrogens with one attached hydrogen (secondary N) is 1. The number of thioether (sulfide) groups is 1. The summed E-state index contributed by atoms with van der Waals surface area (Å²) in [6.07, 6.45) is 4.31. The molecule has 0 spiro atoms. The van der Waals surface area contributed by atoms with Crippen molar-refractivity contribution in [3.8, 4) is 0 Å². The molecule has 0 bridgehead atoms. The van der Waals surface area contributed by atoms with Gasteiger partial charge in [0.15, 0.2) is 5.17 Å². The number of carboxylic acids is 1. The van der Waals surface area contributed by atoms with Crippen molar-refractivity contribution in [1.29, 1.82) is 0 Å². The number of carbonyl (C=O) groups excluding carboxylic acids is 1. The predicted molar refractivity (Wildman–Crippen MR) is 101 cm³/mol. The zero-order chi connectivity index (χ0) is 18.4. The first kappa shape index (κ1) is 19.2. The van der Waals surface area contributed by atoms with Crippen LogP contribution in [0.1, 0.15) is 49.4 Å². The monoisotopic (exact) mass is 361 g/mol. The van der Waals surface area contributed by atoms with Crippen LogP contribution in [0, 0.1) is 0 Å². The second kappa shape index (κ2) is 8.80. The van der Waals surface area contributed by atoms with Crippen molar-refractivity contribution in [1.82, 2.24) is 5.32 Å². The normalized spacial score (nSPS) is 18.9. The van der Waals surface area contributed by atoms with Crippen LogP contribution in [0.3, 0.4) is 0 Å². The third kappa shape index (κ3) is 4.92. The van der Waals surface area contributed by atoms with E-state index in [0.717, 1.165) is 36.6 Å². The molecule has 1 amide bonds. The van der Waals surface area contributed by atoms with E-state index in [9.17, 15) is 9.59 Å². The van der Waals surface area contributed by atoms with Gasteiger partial charge in [-0.2, -0.15) is 5.10 Å². The lowest BCUT2D eigenvalue weighted by molar-refractivity contribution is -0.138. The number of rotatable bonds is 7. The number of amidine groups is 1. The fraction of sp³-hybridized carbons (Fsp3) is 0.444. The standard InChI is InChI=1S/C18H23N3O3S/c1-4-11-7-12(5-2)14(13(6-3)8-11)10-19-21-18-20-17(24)15(25-18)9-16(22)23/h7-8,10,15H,4-6,9H2,1-3H3,(H,22,23)(H,20,21,24). The second-order valence-corrected chi connectivity index (χ2v) is 6.92. The van der Waals surface area contributed by atoms with E-state index in [-0.39, 0.29) is 12.3 Å². The lowest BCUT2D eigenvalue weighted by Gasteiger charge is -2.11. The molecule has 2 N–H and O–H groups in total. The molecule has 2 rings (SSSR count). The molecule has 1 aliphatic heterocycles. The van der Waals surface area contributed by atoms with Gasteiger partial charge in [-0.05, 0) is 36.0 Å². The first-order valence-electron chi connectivity index (χ1n) is 8.43. The van der Waals surface area contributed by atoms with Crippen molar-refractivity contribution in [2.45, 2.75) is 51.7 Å². The number of carbonyl (C=O) groups is 2. The molecule has 1 fully saturated rings. The first-order valence-corrected chi connectivity index (χ1v) is 9.31. The third-order valence-electron chi connectivity index (χ3n) is 4.05. The molecule has 1 aromatic rings. The van der Waals surface area contributed by atoms with E-state index in [1.807, 2.05) is 0 Å². The highest BCUT2D eigenvalue weighted by Gasteiger charge is 2.32. The van der Waals surface area contributed by atoms with E-state index >= 15 is 0 Å². The first-order chi connectivity index (χ1) is 12.0. The van der Waals surface area contributed by atoms with Crippen LogP contribution in [-0.4, -0.2) is 33.6 Å². The van der Waals surface area contributed by atoms with E-state index in [1.165, 1.54) is 16.7 Å². The highest BCUT2D eigenvalue weighted by Crippen LogP contribution is 2.23. The van der Waals surface area contributed by atoms with Crippen molar-refractivity contribution in [2.75, 3.05) is 0 Å². The Morgan fingerprint density at radius 2 is 1.88 bits per heavy atom. The predicted octanol–water partition coefficient (Wildman–Crippen LogP) is 2.77. The molecule has 0 aliphatic carbocycles. The summed E-state index contributed by atoms with van der Waals surface area (Å²) in [6, 6.07) is 4.39. The lowest BCUT2D eigenvalue weighted by atomic mass is 9.94. The van der Waals surface area contributed by atoms with Gasteiger partial charge in [0.2, 0.25) is 5.91 Å². The van der Waals surface area contributed by atoms with Crippen LogP contribution < -0.4 is 5.32 Å². The van der Waals surface area contributed by atoms with Gasteiger partial charge in [0, 0.05) is 5.56 Å². The molecule has 0 saturated carbocycles. The van der Waals surface area contributed by atoms with Crippen molar-refractivity contribution in [3.05, 3.63) is 34.4 Å². The number of benzene rings is 1. The van der Waals surface area contributed by atoms with E-state index in [1.54, 1.807) is 6.21 Å². The molecule has 1 saturated heterocycles. The largest absolute Gasteiger partial charge is 0.481 e. The summed E-state index contributed by atoms with van der Waals surface area (Å²) < 4.78 is 0. The SMILES string of the molecule is CCc1cc(CC)c(C=NN=C2NC(=O)C(CC(=O)O)S2)c(CC)c1. The molecule has 1 aromatic carbocycles. The maximum Gasteiger partial charge on any atom is 0.305 e. The average Bonchev–Trinajstić information content (AvgIpc) is 2.93. The van der Waals surface area contributed by atoms with Crippen LogP contribution in [0.25, 0.3) is 0 Å². The van der Waals surface area contributed by atoms with E-state index in [4.69, 9.17) is 5.11 Å². The molecule has 1 heterocycles. The number of nitrogens with zero attached hydrogens (tertiary/aromatic N) is 2. The van der Waals surface area contributed by atoms with Gasteiger partial charge in [-0.3, -0.25) is 9.59 Å². The number of hydrogen-bond acceptors (Lipinski definition) is 5. The Morgan fingerprint density at radius 3 is 2.40 bits per heavy atom. The van der Waals surface area contributed by atoms with Crippen molar-refractivity contribution < 1.29 is 14.7 Å². The molecule has 134 valence electrons. The average molecular weight is 361 g/mol. The minimum Gasteiger partial charge on any atom is -0.481 e. The van der Waals surface area contributed by atoms with Gasteiger partial charge in [0.25, 0.3) is 0 Å². The Morgan fingerprint density at radius 1 is 1.24 bits per heavy atom. The van der Waals surface area contributed by atoms with Gasteiger partial charge in [-0.1, -0.05) is 44.7 Å². The summed E-state index contributed by atoms with van der Waals surface area (Å²) in [5.74, 6) is -1.34. The Kier molecular flexibility index (Phi) is 6.75. The smallest absolute Gasteiger partial charge is 0.305 e. The number of carboxylic acid groups (broad SMARTS) is 1. The zero-order valence-corrected chi connectivity index (χ0v) is 15.5. The fourth-order valence-corrected chi connectivity index (χ4v) is 3.61. The van der Waals surface area contributed by atoms with Gasteiger partial charge < -0.3 is 10.4 Å². The van der Waals surface area contributed by atoms with Crippen LogP contribution in [0.15, 0.2) is 22.3 Å². The van der Waals surface area contributed by atoms with Crippen LogP contribution >= 0.6 is 11.8 Å². The van der Waals surface area contributed by atoms with Gasteiger partial charge in [-0.15, -0.1) is 5.10 Å². The summed E-state index contributed by atoms with van der Waals surface area (Å²) in [4.78, 5) is 22.4. The van der Waals surface area contributed by atoms with Crippen LogP contribution in [0.2, 0.25) is 0 Å². The Labute approximate surface area is 151 Å². The van der Waals surface area contributed by atoms with Crippen molar-refractivity contribution in [2.24, 2.45) is 10.2 Å². The van der Waals surface area contributed by atoms with Crippen molar-refractivity contribution >= 4 is 35.0 Å². The fourth-order valence-electron chi connectivity index (χ4n) is 2.69. The number of hydrogen-bond donors (Lipinski definition) is 2. The minimum absolute atomic E-state index is 0.225. The maximum atomic E-state index is 11.7. The highest BCUT2D eigenvalue weighted by atomic mass is 32.2. The molecule has 0 aromatic heterocycles. The minimum atomic E-state index is -1.01. The Hall–Kier alpha value is -2.15. The summed E-state index contributed by atoms with van der Waals surface area (Å²) in [5.41, 5.74) is 4.84. The molecule has 0 radical (unpaired) electrons. The number of amides is 1. The number of aliphatic carboxylic acids is 1. The summed E-state index contributed by atoms with van der Waals surface area (Å²) in [7, 11) is 0. The Bertz CT molecular complexity index is 703. The van der Waals surface area contributed by atoms with E-state index in [2.05, 4.69) is 48.4 Å². The van der Waals surface area contributed by atoms with Crippen LogP contribution in [-0.2, 0) is 28.9 Å². The quantitative estimate of drug-likeness (QED) is 0.577.